The van der Waals surface area contributed by atoms with Crippen molar-refractivity contribution in [3.05, 3.63) is 35.7 Å². The van der Waals surface area contributed by atoms with Crippen LogP contribution in [0.1, 0.15) is 11.6 Å². The summed E-state index contributed by atoms with van der Waals surface area (Å²) in [5, 5.41) is 7.60. The molecule has 0 bridgehead atoms. The molecule has 0 amide bonds. The third-order valence-corrected chi connectivity index (χ3v) is 4.33. The molecule has 0 N–H and O–H groups in total. The summed E-state index contributed by atoms with van der Waals surface area (Å²) >= 11 is 1.66. The second-order valence-electron chi connectivity index (χ2n) is 4.89. The molecule has 0 unspecified atom stereocenters. The number of nitrogens with zero attached hydrogens (tertiary/aromatic N) is 5. The van der Waals surface area contributed by atoms with Crippen molar-refractivity contribution in [1.29, 1.82) is 0 Å². The van der Waals surface area contributed by atoms with Gasteiger partial charge in [0.05, 0.1) is 17.6 Å². The summed E-state index contributed by atoms with van der Waals surface area (Å²) in [6, 6.07) is 2.55. The Morgan fingerprint density at radius 2 is 2.21 bits per heavy atom. The van der Waals surface area contributed by atoms with Gasteiger partial charge in [-0.2, -0.15) is 5.10 Å². The molecule has 0 radical (unpaired) electrons. The quantitative estimate of drug-likeness (QED) is 0.717. The molecule has 0 atom stereocenters. The van der Waals surface area contributed by atoms with Crippen molar-refractivity contribution in [2.24, 2.45) is 0 Å². The van der Waals surface area contributed by atoms with Gasteiger partial charge < -0.3 is 4.90 Å². The largest absolute Gasteiger partial charge is 0.352 e. The molecule has 5 nitrogen and oxygen atoms in total. The van der Waals surface area contributed by atoms with Crippen LogP contribution < -0.4 is 4.90 Å². The molecule has 1 saturated heterocycles. The molecule has 0 aliphatic carbocycles. The highest BCUT2D eigenvalue weighted by atomic mass is 32.1. The van der Waals surface area contributed by atoms with Gasteiger partial charge in [0.1, 0.15) is 17.0 Å². The molecule has 0 aromatic carbocycles. The van der Waals surface area contributed by atoms with Crippen LogP contribution in [0.2, 0.25) is 0 Å². The number of rotatable bonds is 2. The van der Waals surface area contributed by atoms with Crippen LogP contribution in [0, 0.1) is 6.92 Å². The molecule has 3 aromatic heterocycles. The van der Waals surface area contributed by atoms with Gasteiger partial charge in [0, 0.05) is 19.3 Å². The first kappa shape index (κ1) is 10.9. The van der Waals surface area contributed by atoms with E-state index < -0.39 is 0 Å². The Balaban J connectivity index is 1.58. The molecule has 1 aliphatic rings. The molecule has 1 fully saturated rings. The summed E-state index contributed by atoms with van der Waals surface area (Å²) in [7, 11) is 0. The second kappa shape index (κ2) is 4.03. The first-order chi connectivity index (χ1) is 9.31. The minimum absolute atomic E-state index is 0.456. The van der Waals surface area contributed by atoms with E-state index in [1.54, 1.807) is 17.7 Å². The highest BCUT2D eigenvalue weighted by Crippen LogP contribution is 2.32. The van der Waals surface area contributed by atoms with Gasteiger partial charge in [-0.15, -0.1) is 11.3 Å². The standard InChI is InChI=1S/C13H13N5S/c1-9-4-16-18(5-9)10-6-17(7-10)12-11-2-3-19-13(11)15-8-14-12/h2-5,8,10H,6-7H2,1H3. The van der Waals surface area contributed by atoms with Crippen LogP contribution in [0.5, 0.6) is 0 Å². The zero-order chi connectivity index (χ0) is 12.8. The number of fused-ring (bicyclic) bond motifs is 1. The van der Waals surface area contributed by atoms with Gasteiger partial charge in [0.2, 0.25) is 0 Å². The average molecular weight is 271 g/mol. The Labute approximate surface area is 114 Å². The lowest BCUT2D eigenvalue weighted by Crippen LogP contribution is -2.48. The van der Waals surface area contributed by atoms with Crippen LogP contribution >= 0.6 is 11.3 Å². The van der Waals surface area contributed by atoms with Gasteiger partial charge in [-0.3, -0.25) is 4.68 Å². The van der Waals surface area contributed by atoms with Crippen LogP contribution in [0.25, 0.3) is 10.2 Å². The van der Waals surface area contributed by atoms with E-state index >= 15 is 0 Å². The first-order valence-electron chi connectivity index (χ1n) is 6.25. The predicted molar refractivity (Wildman–Crippen MR) is 75.6 cm³/mol. The fourth-order valence-corrected chi connectivity index (χ4v) is 3.18. The summed E-state index contributed by atoms with van der Waals surface area (Å²) in [6.45, 7) is 3.99. The fraction of sp³-hybridized carbons (Fsp3) is 0.308. The molecule has 0 saturated carbocycles. The zero-order valence-electron chi connectivity index (χ0n) is 10.5. The lowest BCUT2D eigenvalue weighted by atomic mass is 10.1. The molecular weight excluding hydrogens is 258 g/mol. The molecule has 19 heavy (non-hydrogen) atoms. The Kier molecular flexibility index (Phi) is 2.32. The first-order valence-corrected chi connectivity index (χ1v) is 7.13. The zero-order valence-corrected chi connectivity index (χ0v) is 11.3. The van der Waals surface area contributed by atoms with E-state index in [1.807, 2.05) is 6.20 Å². The minimum Gasteiger partial charge on any atom is -0.352 e. The van der Waals surface area contributed by atoms with Crippen molar-refractivity contribution in [2.75, 3.05) is 18.0 Å². The Bertz CT molecular complexity index is 725. The molecule has 6 heteroatoms. The Morgan fingerprint density at radius 3 is 3.00 bits per heavy atom. The van der Waals surface area contributed by atoms with Gasteiger partial charge in [0.15, 0.2) is 0 Å². The highest BCUT2D eigenvalue weighted by Gasteiger charge is 2.30. The number of aromatic nitrogens is 4. The third kappa shape index (κ3) is 1.71. The lowest BCUT2D eigenvalue weighted by Gasteiger charge is -2.40. The maximum Gasteiger partial charge on any atom is 0.140 e. The number of hydrogen-bond acceptors (Lipinski definition) is 5. The average Bonchev–Trinajstić information content (AvgIpc) is 2.96. The van der Waals surface area contributed by atoms with E-state index in [1.165, 1.54) is 5.56 Å². The maximum atomic E-state index is 4.43. The Hall–Kier alpha value is -1.95. The molecule has 4 heterocycles. The number of anilines is 1. The van der Waals surface area contributed by atoms with Crippen molar-refractivity contribution in [2.45, 2.75) is 13.0 Å². The summed E-state index contributed by atoms with van der Waals surface area (Å²) in [5.41, 5.74) is 1.21. The lowest BCUT2D eigenvalue weighted by molar-refractivity contribution is 0.366. The third-order valence-electron chi connectivity index (χ3n) is 3.51. The SMILES string of the molecule is Cc1cnn(C2CN(c3ncnc4sccc34)C2)c1. The number of thiophene rings is 1. The van der Waals surface area contributed by atoms with Gasteiger partial charge >= 0.3 is 0 Å². The van der Waals surface area contributed by atoms with E-state index in [2.05, 4.69) is 49.2 Å². The van der Waals surface area contributed by atoms with E-state index in [-0.39, 0.29) is 0 Å². The highest BCUT2D eigenvalue weighted by molar-refractivity contribution is 7.16. The predicted octanol–water partition coefficient (Wildman–Crippen LogP) is 2.26. The smallest absolute Gasteiger partial charge is 0.140 e. The van der Waals surface area contributed by atoms with Crippen molar-refractivity contribution in [3.8, 4) is 0 Å². The molecule has 0 spiro atoms. The van der Waals surface area contributed by atoms with Crippen molar-refractivity contribution in [1.82, 2.24) is 19.7 Å². The van der Waals surface area contributed by atoms with Crippen molar-refractivity contribution >= 4 is 27.4 Å². The van der Waals surface area contributed by atoms with Gasteiger partial charge in [-0.25, -0.2) is 9.97 Å². The minimum atomic E-state index is 0.456. The summed E-state index contributed by atoms with van der Waals surface area (Å²) in [5.74, 6) is 1.05. The topological polar surface area (TPSA) is 46.8 Å². The molecule has 96 valence electrons. The molecular formula is C13H13N5S. The van der Waals surface area contributed by atoms with Crippen LogP contribution in [0.15, 0.2) is 30.2 Å². The van der Waals surface area contributed by atoms with Gasteiger partial charge in [0.25, 0.3) is 0 Å². The fourth-order valence-electron chi connectivity index (χ4n) is 2.46. The van der Waals surface area contributed by atoms with Crippen molar-refractivity contribution < 1.29 is 0 Å². The van der Waals surface area contributed by atoms with Crippen LogP contribution in [-0.4, -0.2) is 32.8 Å². The summed E-state index contributed by atoms with van der Waals surface area (Å²) in [6.07, 6.45) is 5.66. The van der Waals surface area contributed by atoms with Crippen LogP contribution in [-0.2, 0) is 0 Å². The summed E-state index contributed by atoms with van der Waals surface area (Å²) in [4.78, 5) is 12.1. The van der Waals surface area contributed by atoms with Gasteiger partial charge in [-0.05, 0) is 23.9 Å². The molecule has 1 aliphatic heterocycles. The van der Waals surface area contributed by atoms with Crippen molar-refractivity contribution in [3.63, 3.8) is 0 Å². The summed E-state index contributed by atoms with van der Waals surface area (Å²) < 4.78 is 2.05. The number of aryl methyl sites for hydroxylation is 1. The Morgan fingerprint density at radius 1 is 1.32 bits per heavy atom. The van der Waals surface area contributed by atoms with Crippen LogP contribution in [0.3, 0.4) is 0 Å². The maximum absolute atomic E-state index is 4.43. The molecule has 3 aromatic rings. The van der Waals surface area contributed by atoms with E-state index in [0.29, 0.717) is 6.04 Å². The number of hydrogen-bond donors (Lipinski definition) is 0. The monoisotopic (exact) mass is 271 g/mol. The van der Waals surface area contributed by atoms with Gasteiger partial charge in [-0.1, -0.05) is 0 Å². The normalized spacial score (nSPS) is 15.9. The van der Waals surface area contributed by atoms with Crippen LogP contribution in [0.4, 0.5) is 5.82 Å². The van der Waals surface area contributed by atoms with E-state index in [0.717, 1.165) is 29.1 Å². The second-order valence-corrected chi connectivity index (χ2v) is 5.79. The van der Waals surface area contributed by atoms with E-state index in [9.17, 15) is 0 Å². The van der Waals surface area contributed by atoms with E-state index in [4.69, 9.17) is 0 Å². The molecule has 4 rings (SSSR count).